The molecule has 0 aliphatic heterocycles. The van der Waals surface area contributed by atoms with E-state index in [-0.39, 0.29) is 0 Å². The van der Waals surface area contributed by atoms with E-state index in [4.69, 9.17) is 8.83 Å². The predicted molar refractivity (Wildman–Crippen MR) is 200 cm³/mol. The lowest BCUT2D eigenvalue weighted by molar-refractivity contribution is 0.669. The first-order chi connectivity index (χ1) is 23.2. The Hall–Kier alpha value is -6.04. The van der Waals surface area contributed by atoms with Gasteiger partial charge in [0.25, 0.3) is 0 Å². The molecule has 0 N–H and O–H groups in total. The number of nitrogens with zero attached hydrogens (tertiary/aromatic N) is 2. The fourth-order valence-corrected chi connectivity index (χ4v) is 7.19. The van der Waals surface area contributed by atoms with E-state index >= 15 is 0 Å². The van der Waals surface area contributed by atoms with Gasteiger partial charge in [0.15, 0.2) is 0 Å². The topological polar surface area (TPSA) is 32.8 Å². The molecule has 224 valence electrons. The number of benzene rings is 7. The van der Waals surface area contributed by atoms with Gasteiger partial charge >= 0.3 is 0 Å². The van der Waals surface area contributed by atoms with Crippen LogP contribution in [0.15, 0.2) is 173 Å². The number of hydrogen-bond donors (Lipinski definition) is 0. The van der Waals surface area contributed by atoms with E-state index in [1.54, 1.807) is 0 Å². The molecule has 0 atom stereocenters. The molecule has 0 unspecified atom stereocenters. The Balaban J connectivity index is 1.18. The van der Waals surface area contributed by atoms with Crippen molar-refractivity contribution in [3.05, 3.63) is 164 Å². The van der Waals surface area contributed by atoms with Crippen molar-refractivity contribution in [3.63, 3.8) is 0 Å². The molecule has 2 heterocycles. The van der Waals surface area contributed by atoms with Crippen molar-refractivity contribution >= 4 is 93.4 Å². The molecule has 0 spiro atoms. The molecule has 5 heteroatoms. The third-order valence-electron chi connectivity index (χ3n) is 8.86. The van der Waals surface area contributed by atoms with Gasteiger partial charge in [0.2, 0.25) is 0 Å². The van der Waals surface area contributed by atoms with Gasteiger partial charge in [-0.05, 0) is 84.9 Å². The first-order valence-corrected chi connectivity index (χ1v) is 16.8. The highest BCUT2D eigenvalue weighted by Gasteiger charge is 2.19. The lowest BCUT2D eigenvalue weighted by Gasteiger charge is -2.26. The first kappa shape index (κ1) is 27.3. The second kappa shape index (κ2) is 11.1. The highest BCUT2D eigenvalue weighted by Crippen LogP contribution is 2.42. The number of furan rings is 2. The summed E-state index contributed by atoms with van der Waals surface area (Å²) in [6.07, 6.45) is 0. The van der Waals surface area contributed by atoms with E-state index in [0.717, 1.165) is 88.2 Å². The maximum atomic E-state index is 6.54. The van der Waals surface area contributed by atoms with Gasteiger partial charge in [0, 0.05) is 78.0 Å². The molecule has 9 aromatic rings. The molecule has 2 aromatic heterocycles. The zero-order valence-electron chi connectivity index (χ0n) is 25.8. The van der Waals surface area contributed by atoms with Crippen molar-refractivity contribution in [3.8, 4) is 0 Å². The Labute approximate surface area is 275 Å². The minimum absolute atomic E-state index is 0.845. The minimum atomic E-state index is 0.845. The Morgan fingerprint density at radius 3 is 1.45 bits per heavy atom. The normalized spacial score (nSPS) is 11.6. The largest absolute Gasteiger partial charge is 0.456 e. The molecular weight excluding hydrogens is 593 g/mol. The van der Waals surface area contributed by atoms with E-state index < -0.39 is 0 Å². The molecule has 0 amide bonds. The Morgan fingerprint density at radius 1 is 0.319 bits per heavy atom. The number of fused-ring (bicyclic) bond motifs is 6. The fourth-order valence-electron chi connectivity index (χ4n) is 6.70. The van der Waals surface area contributed by atoms with E-state index in [9.17, 15) is 0 Å². The van der Waals surface area contributed by atoms with Crippen LogP contribution in [0.5, 0.6) is 0 Å². The van der Waals surface area contributed by atoms with Gasteiger partial charge in [-0.25, -0.2) is 0 Å². The smallest absolute Gasteiger partial charge is 0.137 e. The average Bonchev–Trinajstić information content (AvgIpc) is 3.67. The summed E-state index contributed by atoms with van der Waals surface area (Å²) in [4.78, 5) is 4.57. The van der Waals surface area contributed by atoms with E-state index in [1.807, 2.05) is 24.3 Å². The van der Waals surface area contributed by atoms with Crippen LogP contribution >= 0.6 is 0 Å². The van der Waals surface area contributed by atoms with Crippen LogP contribution in [0.3, 0.4) is 0 Å². The summed E-state index contributed by atoms with van der Waals surface area (Å²) < 4.78 is 12.8. The first-order valence-electron chi connectivity index (χ1n) is 15.8. The summed E-state index contributed by atoms with van der Waals surface area (Å²) in [5.41, 5.74) is 9.91. The van der Waals surface area contributed by atoms with Gasteiger partial charge < -0.3 is 18.6 Å². The molecular formula is C42H30N2O2Si. The molecule has 7 aromatic carbocycles. The van der Waals surface area contributed by atoms with Crippen molar-refractivity contribution in [1.29, 1.82) is 0 Å². The van der Waals surface area contributed by atoms with Crippen molar-refractivity contribution in [2.24, 2.45) is 0 Å². The molecule has 0 fully saturated rings. The molecule has 0 saturated carbocycles. The molecule has 0 bridgehead atoms. The highest BCUT2D eigenvalue weighted by atomic mass is 28.1. The van der Waals surface area contributed by atoms with Gasteiger partial charge in [0.1, 0.15) is 22.3 Å². The molecule has 0 aliphatic rings. The summed E-state index contributed by atoms with van der Waals surface area (Å²) in [6, 6.07) is 57.4. The van der Waals surface area contributed by atoms with E-state index in [1.165, 1.54) is 5.19 Å². The molecule has 9 rings (SSSR count). The Morgan fingerprint density at radius 2 is 0.787 bits per heavy atom. The number of hydrogen-bond acceptors (Lipinski definition) is 4. The van der Waals surface area contributed by atoms with Crippen LogP contribution in [0, 0.1) is 0 Å². The predicted octanol–water partition coefficient (Wildman–Crippen LogP) is 10.4. The Kier molecular flexibility index (Phi) is 6.44. The van der Waals surface area contributed by atoms with Crippen molar-refractivity contribution in [1.82, 2.24) is 0 Å². The van der Waals surface area contributed by atoms with Crippen molar-refractivity contribution < 1.29 is 8.83 Å². The lowest BCUT2D eigenvalue weighted by atomic mass is 10.1. The second-order valence-corrected chi connectivity index (χ2v) is 13.1. The molecule has 4 nitrogen and oxygen atoms in total. The average molecular weight is 623 g/mol. The van der Waals surface area contributed by atoms with Crippen molar-refractivity contribution in [2.75, 3.05) is 9.80 Å². The second-order valence-electron chi connectivity index (χ2n) is 11.9. The third-order valence-corrected chi connectivity index (χ3v) is 9.49. The molecule has 0 radical (unpaired) electrons. The van der Waals surface area contributed by atoms with Crippen LogP contribution in [0.4, 0.5) is 34.1 Å². The summed E-state index contributed by atoms with van der Waals surface area (Å²) in [7, 11) is 0.966. The van der Waals surface area contributed by atoms with Gasteiger partial charge in [-0.15, -0.1) is 0 Å². The summed E-state index contributed by atoms with van der Waals surface area (Å²) >= 11 is 0. The van der Waals surface area contributed by atoms with Gasteiger partial charge in [0.05, 0.1) is 0 Å². The number of anilines is 6. The standard InChI is InChI=1S/C42H30N2O2Si/c47-34-15-9-14-30(24-34)44(32-18-21-36-35-16-7-8-17-39(35)45-41(36)26-32)33-19-22-37-38-25-31(20-23-40(38)46-42(37)27-33)43(28-10-3-1-4-11-28)29-12-5-2-6-13-29/h1-27H,47H3. The maximum Gasteiger partial charge on any atom is 0.137 e. The SMILES string of the molecule is [SiH3]c1cccc(N(c2ccc3c(c2)oc2ccccc23)c2ccc3c(c2)oc2ccc(N(c4ccccc4)c4ccccc4)cc23)c1. The monoisotopic (exact) mass is 622 g/mol. The van der Waals surface area contributed by atoms with Gasteiger partial charge in [-0.2, -0.15) is 0 Å². The van der Waals surface area contributed by atoms with E-state index in [2.05, 4.69) is 149 Å². The number of rotatable bonds is 6. The Bertz CT molecular complexity index is 2510. The van der Waals surface area contributed by atoms with Crippen LogP contribution in [0.1, 0.15) is 0 Å². The summed E-state index contributed by atoms with van der Waals surface area (Å²) in [5, 5.41) is 5.73. The van der Waals surface area contributed by atoms with Crippen LogP contribution in [0.25, 0.3) is 43.9 Å². The summed E-state index contributed by atoms with van der Waals surface area (Å²) in [6.45, 7) is 0. The van der Waals surface area contributed by atoms with Crippen LogP contribution in [-0.2, 0) is 0 Å². The van der Waals surface area contributed by atoms with Crippen LogP contribution in [-0.4, -0.2) is 10.2 Å². The molecule has 47 heavy (non-hydrogen) atoms. The third kappa shape index (κ3) is 4.76. The lowest BCUT2D eigenvalue weighted by Crippen LogP contribution is -2.12. The molecule has 0 aliphatic carbocycles. The summed E-state index contributed by atoms with van der Waals surface area (Å²) in [5.74, 6) is 0. The minimum Gasteiger partial charge on any atom is -0.456 e. The zero-order chi connectivity index (χ0) is 31.3. The fraction of sp³-hybridized carbons (Fsp3) is 0. The van der Waals surface area contributed by atoms with E-state index in [0.29, 0.717) is 0 Å². The maximum absolute atomic E-state index is 6.54. The van der Waals surface area contributed by atoms with Gasteiger partial charge in [-0.1, -0.05) is 71.9 Å². The van der Waals surface area contributed by atoms with Crippen molar-refractivity contribution in [2.45, 2.75) is 0 Å². The quantitative estimate of drug-likeness (QED) is 0.173. The number of para-hydroxylation sites is 3. The zero-order valence-corrected chi connectivity index (χ0v) is 27.8. The molecule has 0 saturated heterocycles. The van der Waals surface area contributed by atoms with Crippen LogP contribution < -0.4 is 15.0 Å². The van der Waals surface area contributed by atoms with Crippen LogP contribution in [0.2, 0.25) is 0 Å². The highest BCUT2D eigenvalue weighted by molar-refractivity contribution is 6.32. The van der Waals surface area contributed by atoms with Gasteiger partial charge in [-0.3, -0.25) is 0 Å².